The van der Waals surface area contributed by atoms with Crippen molar-refractivity contribution in [3.63, 3.8) is 0 Å². The Kier molecular flexibility index (Phi) is 4.21. The lowest BCUT2D eigenvalue weighted by molar-refractivity contribution is 0.120. The number of nitrogens with one attached hydrogen (secondary N) is 1. The summed E-state index contributed by atoms with van der Waals surface area (Å²) in [5.74, 6) is 0. The van der Waals surface area contributed by atoms with Crippen molar-refractivity contribution >= 4 is 16.7 Å². The predicted molar refractivity (Wildman–Crippen MR) is 89.1 cm³/mol. The number of aryl methyl sites for hydroxylation is 2. The Hall–Kier alpha value is -2.15. The van der Waals surface area contributed by atoms with Gasteiger partial charge >= 0.3 is 5.69 Å². The molecule has 1 N–H and O–H groups in total. The largest absolute Gasteiger partial charge is 0.381 e. The van der Waals surface area contributed by atoms with Crippen LogP contribution >= 0.6 is 0 Å². The highest BCUT2D eigenvalue weighted by atomic mass is 16.5. The van der Waals surface area contributed by atoms with Gasteiger partial charge in [0.25, 0.3) is 5.56 Å². The predicted octanol–water partition coefficient (Wildman–Crippen LogP) is 0.786. The Balaban J connectivity index is 2.16. The third kappa shape index (κ3) is 2.65. The van der Waals surface area contributed by atoms with Crippen molar-refractivity contribution in [1.82, 2.24) is 14.1 Å². The minimum atomic E-state index is -0.371. The van der Waals surface area contributed by atoms with Crippen LogP contribution in [0, 0.1) is 0 Å². The van der Waals surface area contributed by atoms with E-state index in [1.54, 1.807) is 13.2 Å². The van der Waals surface area contributed by atoms with Gasteiger partial charge < -0.3 is 10.1 Å². The molecule has 3 rings (SSSR count). The van der Waals surface area contributed by atoms with E-state index in [0.717, 1.165) is 41.7 Å². The molecule has 2 aromatic rings. The second kappa shape index (κ2) is 6.16. The monoisotopic (exact) mass is 318 g/mol. The first-order chi connectivity index (χ1) is 11.0. The average Bonchev–Trinajstić information content (AvgIpc) is 3.08. The average molecular weight is 318 g/mol. The maximum Gasteiger partial charge on any atom is 0.332 e. The number of rotatable bonds is 4. The molecule has 0 aromatic carbocycles. The van der Waals surface area contributed by atoms with Crippen LogP contribution in [-0.2, 0) is 25.3 Å². The molecule has 124 valence electrons. The number of fused-ring (bicyclic) bond motifs is 1. The molecule has 7 nitrogen and oxygen atoms in total. The van der Waals surface area contributed by atoms with Crippen LogP contribution in [0.15, 0.2) is 15.8 Å². The van der Waals surface area contributed by atoms with E-state index >= 15 is 0 Å². The van der Waals surface area contributed by atoms with Gasteiger partial charge in [-0.3, -0.25) is 13.9 Å². The Morgan fingerprint density at radius 1 is 1.35 bits per heavy atom. The van der Waals surface area contributed by atoms with Crippen LogP contribution in [0.25, 0.3) is 11.0 Å². The number of nitrogens with zero attached hydrogens (tertiary/aromatic N) is 3. The molecule has 0 amide bonds. The molecule has 1 atom stereocenters. The fourth-order valence-electron chi connectivity index (χ4n) is 3.06. The number of hydrogen-bond acceptors (Lipinski definition) is 5. The summed E-state index contributed by atoms with van der Waals surface area (Å²) in [4.78, 5) is 29.0. The smallest absolute Gasteiger partial charge is 0.332 e. The molecule has 0 radical (unpaired) electrons. The van der Waals surface area contributed by atoms with E-state index in [0.29, 0.717) is 17.6 Å². The highest BCUT2D eigenvalue weighted by Gasteiger charge is 2.19. The molecule has 2 aromatic heterocycles. The standard InChI is InChI=1S/C16H22N4O3/c1-4-10-8-18-14-12(15(21)20(3)16(22)19(14)2)13(10)17-9-11-6-5-7-23-11/h8,11H,4-7,9H2,1-3H3,(H,17,18)/t11-/m1/s1. The Labute approximate surface area is 133 Å². The lowest BCUT2D eigenvalue weighted by Crippen LogP contribution is -2.38. The summed E-state index contributed by atoms with van der Waals surface area (Å²) in [5, 5.41) is 3.83. The summed E-state index contributed by atoms with van der Waals surface area (Å²) < 4.78 is 8.18. The summed E-state index contributed by atoms with van der Waals surface area (Å²) in [6.07, 6.45) is 4.75. The third-order valence-corrected chi connectivity index (χ3v) is 4.46. The van der Waals surface area contributed by atoms with E-state index in [1.807, 2.05) is 6.92 Å². The van der Waals surface area contributed by atoms with E-state index in [2.05, 4.69) is 10.3 Å². The van der Waals surface area contributed by atoms with Gasteiger partial charge in [-0.15, -0.1) is 0 Å². The van der Waals surface area contributed by atoms with Gasteiger partial charge in [0.05, 0.1) is 11.8 Å². The van der Waals surface area contributed by atoms with Crippen molar-refractivity contribution in [2.24, 2.45) is 14.1 Å². The third-order valence-electron chi connectivity index (χ3n) is 4.46. The summed E-state index contributed by atoms with van der Waals surface area (Å²) in [7, 11) is 3.12. The Morgan fingerprint density at radius 2 is 2.13 bits per heavy atom. The van der Waals surface area contributed by atoms with Crippen molar-refractivity contribution in [3.05, 3.63) is 32.6 Å². The molecule has 1 aliphatic heterocycles. The van der Waals surface area contributed by atoms with Gasteiger partial charge in [0.1, 0.15) is 5.39 Å². The second-order valence-electron chi connectivity index (χ2n) is 5.93. The minimum absolute atomic E-state index is 0.166. The molecule has 23 heavy (non-hydrogen) atoms. The first-order valence-electron chi connectivity index (χ1n) is 7.97. The van der Waals surface area contributed by atoms with E-state index in [4.69, 9.17) is 4.74 Å². The summed E-state index contributed by atoms with van der Waals surface area (Å²) in [6.45, 7) is 3.46. The number of aromatic nitrogens is 3. The molecule has 0 unspecified atom stereocenters. The quantitative estimate of drug-likeness (QED) is 0.901. The van der Waals surface area contributed by atoms with Crippen LogP contribution in [0.3, 0.4) is 0 Å². The van der Waals surface area contributed by atoms with Crippen molar-refractivity contribution in [1.29, 1.82) is 0 Å². The molecule has 1 aliphatic rings. The van der Waals surface area contributed by atoms with Gasteiger partial charge in [-0.25, -0.2) is 9.78 Å². The molecule has 3 heterocycles. The Bertz CT molecular complexity index is 847. The van der Waals surface area contributed by atoms with Crippen LogP contribution in [0.1, 0.15) is 25.3 Å². The Morgan fingerprint density at radius 3 is 2.78 bits per heavy atom. The van der Waals surface area contributed by atoms with Crippen molar-refractivity contribution in [2.45, 2.75) is 32.3 Å². The van der Waals surface area contributed by atoms with E-state index in [-0.39, 0.29) is 17.4 Å². The van der Waals surface area contributed by atoms with Crippen LogP contribution in [0.4, 0.5) is 5.69 Å². The molecular weight excluding hydrogens is 296 g/mol. The molecule has 1 saturated heterocycles. The van der Waals surface area contributed by atoms with E-state index in [1.165, 1.54) is 11.6 Å². The molecule has 0 bridgehead atoms. The number of hydrogen-bond donors (Lipinski definition) is 1. The summed E-state index contributed by atoms with van der Waals surface area (Å²) in [5.41, 5.74) is 1.45. The fourth-order valence-corrected chi connectivity index (χ4v) is 3.06. The van der Waals surface area contributed by atoms with Gasteiger partial charge in [-0.1, -0.05) is 6.92 Å². The molecule has 0 aliphatic carbocycles. The topological polar surface area (TPSA) is 78.2 Å². The van der Waals surface area contributed by atoms with Gasteiger partial charge in [0.15, 0.2) is 5.65 Å². The van der Waals surface area contributed by atoms with Gasteiger partial charge in [0, 0.05) is 33.4 Å². The zero-order chi connectivity index (χ0) is 16.6. The number of anilines is 1. The van der Waals surface area contributed by atoms with Gasteiger partial charge in [0.2, 0.25) is 0 Å². The highest BCUT2D eigenvalue weighted by Crippen LogP contribution is 2.24. The molecule has 0 spiro atoms. The summed E-state index contributed by atoms with van der Waals surface area (Å²) >= 11 is 0. The fraction of sp³-hybridized carbons (Fsp3) is 0.562. The lowest BCUT2D eigenvalue weighted by atomic mass is 10.1. The summed E-state index contributed by atoms with van der Waals surface area (Å²) in [6, 6.07) is 0. The van der Waals surface area contributed by atoms with E-state index in [9.17, 15) is 9.59 Å². The number of pyridine rings is 1. The second-order valence-corrected chi connectivity index (χ2v) is 5.93. The SMILES string of the molecule is CCc1cnc2c(c1NC[C@H]1CCCO1)c(=O)n(C)c(=O)n2C. The zero-order valence-electron chi connectivity index (χ0n) is 13.8. The van der Waals surface area contributed by atoms with E-state index < -0.39 is 0 Å². The zero-order valence-corrected chi connectivity index (χ0v) is 13.8. The lowest BCUT2D eigenvalue weighted by Gasteiger charge is -2.17. The van der Waals surface area contributed by atoms with Crippen molar-refractivity contribution in [2.75, 3.05) is 18.5 Å². The maximum absolute atomic E-state index is 12.6. The molecule has 1 fully saturated rings. The van der Waals surface area contributed by atoms with Crippen molar-refractivity contribution in [3.8, 4) is 0 Å². The molecule has 0 saturated carbocycles. The molecular formula is C16H22N4O3. The highest BCUT2D eigenvalue weighted by molar-refractivity contribution is 5.90. The minimum Gasteiger partial charge on any atom is -0.381 e. The van der Waals surface area contributed by atoms with Crippen LogP contribution < -0.4 is 16.6 Å². The first kappa shape index (κ1) is 15.7. The molecule has 7 heteroatoms. The van der Waals surface area contributed by atoms with Crippen LogP contribution in [-0.4, -0.2) is 33.4 Å². The van der Waals surface area contributed by atoms with Crippen molar-refractivity contribution < 1.29 is 4.74 Å². The van der Waals surface area contributed by atoms with Crippen LogP contribution in [0.2, 0.25) is 0 Å². The van der Waals surface area contributed by atoms with Gasteiger partial charge in [-0.05, 0) is 24.8 Å². The maximum atomic E-state index is 12.6. The normalized spacial score (nSPS) is 17.8. The van der Waals surface area contributed by atoms with Gasteiger partial charge in [-0.2, -0.15) is 0 Å². The van der Waals surface area contributed by atoms with Crippen LogP contribution in [0.5, 0.6) is 0 Å². The first-order valence-corrected chi connectivity index (χ1v) is 7.97. The number of ether oxygens (including phenoxy) is 1.